The monoisotopic (exact) mass is 211 g/mol. The van der Waals surface area contributed by atoms with Crippen LogP contribution in [0.5, 0.6) is 0 Å². The standard InChI is InChI=1S/C11H14ClNO/c1-8(2)3-6-11(14)10-5-4-9(12)7-13-10/h4-5,7,11,14H,1,3,6H2,2H3. The Kier molecular flexibility index (Phi) is 4.11. The first kappa shape index (κ1) is 11.2. The zero-order chi connectivity index (χ0) is 10.6. The fourth-order valence-corrected chi connectivity index (χ4v) is 1.23. The van der Waals surface area contributed by atoms with E-state index in [0.29, 0.717) is 17.1 Å². The maximum atomic E-state index is 9.71. The summed E-state index contributed by atoms with van der Waals surface area (Å²) in [4.78, 5) is 4.04. The number of aliphatic hydroxyl groups excluding tert-OH is 1. The number of hydrogen-bond acceptors (Lipinski definition) is 2. The third kappa shape index (κ3) is 3.48. The summed E-state index contributed by atoms with van der Waals surface area (Å²) in [5.74, 6) is 0. The molecule has 1 atom stereocenters. The molecule has 0 bridgehead atoms. The van der Waals surface area contributed by atoms with Crippen LogP contribution >= 0.6 is 11.6 Å². The number of aromatic nitrogens is 1. The molecule has 0 aliphatic carbocycles. The lowest BCUT2D eigenvalue weighted by atomic mass is 10.1. The molecule has 1 unspecified atom stereocenters. The van der Waals surface area contributed by atoms with Gasteiger partial charge in [0.15, 0.2) is 0 Å². The van der Waals surface area contributed by atoms with Gasteiger partial charge in [0.25, 0.3) is 0 Å². The second kappa shape index (κ2) is 5.13. The molecule has 1 N–H and O–H groups in total. The Morgan fingerprint density at radius 2 is 2.36 bits per heavy atom. The van der Waals surface area contributed by atoms with E-state index < -0.39 is 6.10 Å². The molecule has 76 valence electrons. The zero-order valence-corrected chi connectivity index (χ0v) is 8.96. The van der Waals surface area contributed by atoms with Crippen LogP contribution in [0.4, 0.5) is 0 Å². The summed E-state index contributed by atoms with van der Waals surface area (Å²) in [6, 6.07) is 3.47. The Hall–Kier alpha value is -0.860. The van der Waals surface area contributed by atoms with E-state index in [9.17, 15) is 5.11 Å². The van der Waals surface area contributed by atoms with Gasteiger partial charge in [0.2, 0.25) is 0 Å². The third-order valence-electron chi connectivity index (χ3n) is 1.94. The molecule has 0 spiro atoms. The highest BCUT2D eigenvalue weighted by Crippen LogP contribution is 2.19. The van der Waals surface area contributed by atoms with E-state index in [1.54, 1.807) is 18.3 Å². The topological polar surface area (TPSA) is 33.1 Å². The molecule has 3 heteroatoms. The summed E-state index contributed by atoms with van der Waals surface area (Å²) in [7, 11) is 0. The zero-order valence-electron chi connectivity index (χ0n) is 8.20. The number of aliphatic hydroxyl groups is 1. The van der Waals surface area contributed by atoms with Gasteiger partial charge in [0, 0.05) is 6.20 Å². The molecule has 14 heavy (non-hydrogen) atoms. The Balaban J connectivity index is 2.56. The highest BCUT2D eigenvalue weighted by Gasteiger charge is 2.08. The first-order chi connectivity index (χ1) is 6.59. The number of allylic oxidation sites excluding steroid dienone is 1. The van der Waals surface area contributed by atoms with Crippen LogP contribution in [0.2, 0.25) is 5.02 Å². The van der Waals surface area contributed by atoms with Crippen LogP contribution in [-0.4, -0.2) is 10.1 Å². The van der Waals surface area contributed by atoms with E-state index in [1.807, 2.05) is 6.92 Å². The summed E-state index contributed by atoms with van der Waals surface area (Å²) in [6.07, 6.45) is 2.49. The van der Waals surface area contributed by atoms with Crippen molar-refractivity contribution in [2.75, 3.05) is 0 Å². The van der Waals surface area contributed by atoms with E-state index in [1.165, 1.54) is 0 Å². The average molecular weight is 212 g/mol. The van der Waals surface area contributed by atoms with Gasteiger partial charge in [0.1, 0.15) is 0 Å². The normalized spacial score (nSPS) is 12.5. The van der Waals surface area contributed by atoms with Crippen molar-refractivity contribution in [1.82, 2.24) is 4.98 Å². The largest absolute Gasteiger partial charge is 0.387 e. The molecule has 1 aromatic heterocycles. The minimum absolute atomic E-state index is 0.524. The molecule has 0 fully saturated rings. The lowest BCUT2D eigenvalue weighted by molar-refractivity contribution is 0.163. The van der Waals surface area contributed by atoms with Crippen molar-refractivity contribution >= 4 is 11.6 Å². The van der Waals surface area contributed by atoms with Crippen molar-refractivity contribution in [3.05, 3.63) is 41.2 Å². The molecule has 0 aliphatic rings. The van der Waals surface area contributed by atoms with Crippen LogP contribution in [0, 0.1) is 0 Å². The average Bonchev–Trinajstić information content (AvgIpc) is 2.15. The summed E-state index contributed by atoms with van der Waals surface area (Å²) in [6.45, 7) is 5.73. The Morgan fingerprint density at radius 1 is 1.64 bits per heavy atom. The van der Waals surface area contributed by atoms with Crippen LogP contribution in [0.3, 0.4) is 0 Å². The molecule has 0 saturated carbocycles. The fourth-order valence-electron chi connectivity index (χ4n) is 1.12. The van der Waals surface area contributed by atoms with E-state index >= 15 is 0 Å². The fraction of sp³-hybridized carbons (Fsp3) is 0.364. The number of pyridine rings is 1. The van der Waals surface area contributed by atoms with Gasteiger partial charge < -0.3 is 5.11 Å². The molecule has 0 aliphatic heterocycles. The quantitative estimate of drug-likeness (QED) is 0.777. The lowest BCUT2D eigenvalue weighted by Gasteiger charge is -2.09. The molecule has 2 nitrogen and oxygen atoms in total. The third-order valence-corrected chi connectivity index (χ3v) is 2.16. The number of rotatable bonds is 4. The Morgan fingerprint density at radius 3 is 2.86 bits per heavy atom. The molecule has 0 amide bonds. The lowest BCUT2D eigenvalue weighted by Crippen LogP contribution is -2.00. The van der Waals surface area contributed by atoms with Crippen LogP contribution in [-0.2, 0) is 0 Å². The molecular formula is C11H14ClNO. The summed E-state index contributed by atoms with van der Waals surface area (Å²) in [5, 5.41) is 10.3. The van der Waals surface area contributed by atoms with Crippen molar-refractivity contribution < 1.29 is 5.11 Å². The maximum Gasteiger partial charge on any atom is 0.0962 e. The van der Waals surface area contributed by atoms with Crippen molar-refractivity contribution in [3.8, 4) is 0 Å². The molecule has 0 radical (unpaired) electrons. The highest BCUT2D eigenvalue weighted by molar-refractivity contribution is 6.30. The van der Waals surface area contributed by atoms with E-state index in [4.69, 9.17) is 11.6 Å². The molecule has 1 heterocycles. The molecule has 0 aromatic carbocycles. The Bertz CT molecular complexity index is 308. The molecule has 1 aromatic rings. The van der Waals surface area contributed by atoms with Crippen molar-refractivity contribution in [2.24, 2.45) is 0 Å². The van der Waals surface area contributed by atoms with Gasteiger partial charge in [-0.25, -0.2) is 0 Å². The first-order valence-electron chi connectivity index (χ1n) is 4.53. The van der Waals surface area contributed by atoms with E-state index in [2.05, 4.69) is 11.6 Å². The molecule has 1 rings (SSSR count). The van der Waals surface area contributed by atoms with Gasteiger partial charge in [-0.1, -0.05) is 17.2 Å². The number of halogens is 1. The van der Waals surface area contributed by atoms with Gasteiger partial charge in [-0.15, -0.1) is 6.58 Å². The smallest absolute Gasteiger partial charge is 0.0962 e. The minimum atomic E-state index is -0.524. The SMILES string of the molecule is C=C(C)CCC(O)c1ccc(Cl)cn1. The van der Waals surface area contributed by atoms with Gasteiger partial charge in [-0.05, 0) is 31.9 Å². The minimum Gasteiger partial charge on any atom is -0.387 e. The Labute approximate surface area is 89.2 Å². The van der Waals surface area contributed by atoms with Crippen molar-refractivity contribution in [2.45, 2.75) is 25.9 Å². The first-order valence-corrected chi connectivity index (χ1v) is 4.91. The van der Waals surface area contributed by atoms with Gasteiger partial charge in [-0.3, -0.25) is 4.98 Å². The predicted molar refractivity (Wildman–Crippen MR) is 58.3 cm³/mol. The van der Waals surface area contributed by atoms with E-state index in [-0.39, 0.29) is 0 Å². The molecule has 0 saturated heterocycles. The summed E-state index contributed by atoms with van der Waals surface area (Å²) < 4.78 is 0. The van der Waals surface area contributed by atoms with Gasteiger partial charge in [-0.2, -0.15) is 0 Å². The predicted octanol–water partition coefficient (Wildman–Crippen LogP) is 3.12. The van der Waals surface area contributed by atoms with Crippen LogP contribution < -0.4 is 0 Å². The highest BCUT2D eigenvalue weighted by atomic mass is 35.5. The second-order valence-corrected chi connectivity index (χ2v) is 3.85. The van der Waals surface area contributed by atoms with Crippen molar-refractivity contribution in [3.63, 3.8) is 0 Å². The van der Waals surface area contributed by atoms with Crippen LogP contribution in [0.1, 0.15) is 31.6 Å². The van der Waals surface area contributed by atoms with Gasteiger partial charge in [0.05, 0.1) is 16.8 Å². The summed E-state index contributed by atoms with van der Waals surface area (Å²) >= 11 is 5.69. The van der Waals surface area contributed by atoms with Crippen molar-refractivity contribution in [1.29, 1.82) is 0 Å². The second-order valence-electron chi connectivity index (χ2n) is 3.41. The number of nitrogens with zero attached hydrogens (tertiary/aromatic N) is 1. The summed E-state index contributed by atoms with van der Waals surface area (Å²) in [5.41, 5.74) is 1.73. The van der Waals surface area contributed by atoms with E-state index in [0.717, 1.165) is 12.0 Å². The molecular weight excluding hydrogens is 198 g/mol. The van der Waals surface area contributed by atoms with Crippen LogP contribution in [0.15, 0.2) is 30.5 Å². The van der Waals surface area contributed by atoms with Gasteiger partial charge >= 0.3 is 0 Å². The number of hydrogen-bond donors (Lipinski definition) is 1. The maximum absolute atomic E-state index is 9.71. The van der Waals surface area contributed by atoms with Crippen LogP contribution in [0.25, 0.3) is 0 Å².